The van der Waals surface area contributed by atoms with E-state index in [1.807, 2.05) is 0 Å². The van der Waals surface area contributed by atoms with Crippen LogP contribution in [0.25, 0.3) is 0 Å². The molecule has 9 heteroatoms. The van der Waals surface area contributed by atoms with Gasteiger partial charge in [0.2, 0.25) is 0 Å². The average Bonchev–Trinajstić information content (AvgIpc) is 2.65. The average molecular weight is 363 g/mol. The molecule has 0 heterocycles. The van der Waals surface area contributed by atoms with Gasteiger partial charge in [0, 0.05) is 23.7 Å². The topological polar surface area (TPSA) is 128 Å². The maximum Gasteiger partial charge on any atom is 0.325 e. The number of nitro benzene ring substituents is 1. The Balaban J connectivity index is 1.70. The highest BCUT2D eigenvalue weighted by atomic mass is 16.6. The summed E-state index contributed by atoms with van der Waals surface area (Å²) in [7, 11) is 0. The number of nitro groups is 1. The van der Waals surface area contributed by atoms with Crippen LogP contribution < -0.4 is 10.6 Å². The summed E-state index contributed by atoms with van der Waals surface area (Å²) in [6.45, 7) is -0.833. The lowest BCUT2D eigenvalue weighted by atomic mass is 9.95. The van der Waals surface area contributed by atoms with Crippen LogP contribution in [0.1, 0.15) is 42.5 Å². The molecule has 140 valence electrons. The normalized spacial score (nSPS) is 14.3. The highest BCUT2D eigenvalue weighted by Crippen LogP contribution is 2.17. The molecule has 1 fully saturated rings. The summed E-state index contributed by atoms with van der Waals surface area (Å²) in [6.07, 6.45) is 5.19. The molecule has 0 aromatic heterocycles. The number of nitrogens with zero attached hydrogens (tertiary/aromatic N) is 1. The Kier molecular flexibility index (Phi) is 7.07. The van der Waals surface area contributed by atoms with Gasteiger partial charge < -0.3 is 15.4 Å². The van der Waals surface area contributed by atoms with Crippen molar-refractivity contribution in [3.63, 3.8) is 0 Å². The highest BCUT2D eigenvalue weighted by Gasteiger charge is 2.17. The van der Waals surface area contributed by atoms with Crippen LogP contribution >= 0.6 is 0 Å². The van der Waals surface area contributed by atoms with Crippen molar-refractivity contribution in [1.82, 2.24) is 10.6 Å². The van der Waals surface area contributed by atoms with Crippen molar-refractivity contribution in [3.05, 3.63) is 39.9 Å². The fraction of sp³-hybridized carbons (Fsp3) is 0.471. The fourth-order valence-electron chi connectivity index (χ4n) is 2.73. The van der Waals surface area contributed by atoms with Crippen LogP contribution in [0.15, 0.2) is 24.3 Å². The van der Waals surface area contributed by atoms with Crippen LogP contribution in [0.2, 0.25) is 0 Å². The minimum Gasteiger partial charge on any atom is -0.454 e. The van der Waals surface area contributed by atoms with E-state index in [0.717, 1.165) is 31.7 Å². The molecule has 1 aromatic carbocycles. The Bertz CT molecular complexity index is 685. The van der Waals surface area contributed by atoms with Gasteiger partial charge in [0.15, 0.2) is 6.61 Å². The molecule has 2 N–H and O–H groups in total. The van der Waals surface area contributed by atoms with Gasteiger partial charge in [-0.15, -0.1) is 0 Å². The van der Waals surface area contributed by atoms with Crippen molar-refractivity contribution >= 4 is 23.5 Å². The molecule has 2 amide bonds. The quantitative estimate of drug-likeness (QED) is 0.427. The number of nitrogens with one attached hydrogen (secondary N) is 2. The first-order valence-electron chi connectivity index (χ1n) is 8.43. The Labute approximate surface area is 150 Å². The number of esters is 1. The van der Waals surface area contributed by atoms with Gasteiger partial charge in [-0.3, -0.25) is 24.5 Å². The van der Waals surface area contributed by atoms with E-state index in [1.54, 1.807) is 0 Å². The molecule has 1 saturated carbocycles. The molecule has 1 aromatic rings. The number of amides is 2. The number of rotatable bonds is 7. The zero-order valence-electron chi connectivity index (χ0n) is 14.2. The number of carbonyl (C=O) groups excluding carboxylic acids is 3. The molecule has 0 saturated heterocycles. The molecule has 9 nitrogen and oxygen atoms in total. The van der Waals surface area contributed by atoms with Crippen molar-refractivity contribution in [1.29, 1.82) is 0 Å². The van der Waals surface area contributed by atoms with Crippen LogP contribution in [0.4, 0.5) is 5.69 Å². The largest absolute Gasteiger partial charge is 0.454 e. The van der Waals surface area contributed by atoms with E-state index < -0.39 is 30.0 Å². The van der Waals surface area contributed by atoms with Crippen LogP contribution in [-0.2, 0) is 14.3 Å². The second kappa shape index (κ2) is 9.50. The second-order valence-corrected chi connectivity index (χ2v) is 6.05. The third-order valence-electron chi connectivity index (χ3n) is 4.05. The fourth-order valence-corrected chi connectivity index (χ4v) is 2.73. The van der Waals surface area contributed by atoms with E-state index in [4.69, 9.17) is 4.74 Å². The summed E-state index contributed by atoms with van der Waals surface area (Å²) in [5, 5.41) is 15.8. The van der Waals surface area contributed by atoms with Crippen LogP contribution in [0, 0.1) is 10.1 Å². The first kappa shape index (κ1) is 19.4. The zero-order valence-corrected chi connectivity index (χ0v) is 14.2. The summed E-state index contributed by atoms with van der Waals surface area (Å²) in [6, 6.07) is 5.27. The minimum atomic E-state index is -0.762. The first-order chi connectivity index (χ1) is 12.5. The van der Waals surface area contributed by atoms with E-state index in [2.05, 4.69) is 10.6 Å². The van der Waals surface area contributed by atoms with Gasteiger partial charge in [-0.2, -0.15) is 0 Å². The summed E-state index contributed by atoms with van der Waals surface area (Å²) in [5.41, 5.74) is -0.165. The molecule has 26 heavy (non-hydrogen) atoms. The van der Waals surface area contributed by atoms with Crippen LogP contribution in [0.5, 0.6) is 0 Å². The Morgan fingerprint density at radius 2 is 1.92 bits per heavy atom. The SMILES string of the molecule is O=C(COC(=O)CNC(=O)c1cccc([N+](=O)[O-])c1)NC1CCCCC1. The number of non-ortho nitro benzene ring substituents is 1. The smallest absolute Gasteiger partial charge is 0.325 e. The summed E-state index contributed by atoms with van der Waals surface area (Å²) in [5.74, 6) is -1.77. The maximum absolute atomic E-state index is 11.9. The lowest BCUT2D eigenvalue weighted by Crippen LogP contribution is -2.39. The molecular weight excluding hydrogens is 342 g/mol. The first-order valence-corrected chi connectivity index (χ1v) is 8.43. The van der Waals surface area contributed by atoms with E-state index in [0.29, 0.717) is 0 Å². The van der Waals surface area contributed by atoms with Crippen molar-refractivity contribution in [2.45, 2.75) is 38.1 Å². The minimum absolute atomic E-state index is 0.0574. The van der Waals surface area contributed by atoms with Crippen molar-refractivity contribution in [2.24, 2.45) is 0 Å². The Morgan fingerprint density at radius 3 is 2.62 bits per heavy atom. The Morgan fingerprint density at radius 1 is 1.19 bits per heavy atom. The van der Waals surface area contributed by atoms with E-state index >= 15 is 0 Å². The molecule has 0 radical (unpaired) electrons. The molecule has 0 aliphatic heterocycles. The van der Waals surface area contributed by atoms with Gasteiger partial charge in [-0.05, 0) is 18.9 Å². The monoisotopic (exact) mass is 363 g/mol. The summed E-state index contributed by atoms with van der Waals surface area (Å²) in [4.78, 5) is 45.3. The van der Waals surface area contributed by atoms with E-state index in [1.165, 1.54) is 24.6 Å². The second-order valence-electron chi connectivity index (χ2n) is 6.05. The zero-order chi connectivity index (χ0) is 18.9. The standard InChI is InChI=1S/C17H21N3O6/c21-15(19-13-6-2-1-3-7-13)11-26-16(22)10-18-17(23)12-5-4-8-14(9-12)20(24)25/h4-5,8-9,13H,1-3,6-7,10-11H2,(H,18,23)(H,19,21). The predicted molar refractivity (Wildman–Crippen MR) is 91.4 cm³/mol. The van der Waals surface area contributed by atoms with Gasteiger partial charge >= 0.3 is 5.97 Å². The van der Waals surface area contributed by atoms with E-state index in [9.17, 15) is 24.5 Å². The molecule has 1 aliphatic rings. The predicted octanol–water partition coefficient (Wildman–Crippen LogP) is 1.32. The third kappa shape index (κ3) is 6.15. The van der Waals surface area contributed by atoms with Gasteiger partial charge in [0.25, 0.3) is 17.5 Å². The number of hydrogen-bond donors (Lipinski definition) is 2. The van der Waals surface area contributed by atoms with Gasteiger partial charge in [-0.1, -0.05) is 25.3 Å². The number of carbonyl (C=O) groups is 3. The molecule has 0 spiro atoms. The molecule has 0 unspecified atom stereocenters. The summed E-state index contributed by atoms with van der Waals surface area (Å²) < 4.78 is 4.82. The lowest BCUT2D eigenvalue weighted by Gasteiger charge is -2.22. The van der Waals surface area contributed by atoms with Crippen LogP contribution in [0.3, 0.4) is 0 Å². The van der Waals surface area contributed by atoms with Crippen molar-refractivity contribution in [2.75, 3.05) is 13.2 Å². The van der Waals surface area contributed by atoms with Gasteiger partial charge in [0.1, 0.15) is 6.54 Å². The molecule has 0 atom stereocenters. The lowest BCUT2D eigenvalue weighted by molar-refractivity contribution is -0.384. The maximum atomic E-state index is 11.9. The number of hydrogen-bond acceptors (Lipinski definition) is 6. The third-order valence-corrected chi connectivity index (χ3v) is 4.05. The van der Waals surface area contributed by atoms with Gasteiger partial charge in [0.05, 0.1) is 4.92 Å². The molecule has 2 rings (SSSR count). The molecule has 0 bridgehead atoms. The number of benzene rings is 1. The van der Waals surface area contributed by atoms with Crippen molar-refractivity contribution < 1.29 is 24.0 Å². The van der Waals surface area contributed by atoms with Gasteiger partial charge in [-0.25, -0.2) is 0 Å². The molecular formula is C17H21N3O6. The van der Waals surface area contributed by atoms with Crippen LogP contribution in [-0.4, -0.2) is 41.9 Å². The number of ether oxygens (including phenoxy) is 1. The summed E-state index contributed by atoms with van der Waals surface area (Å²) >= 11 is 0. The highest BCUT2D eigenvalue weighted by molar-refractivity contribution is 5.96. The van der Waals surface area contributed by atoms with E-state index in [-0.39, 0.29) is 23.2 Å². The van der Waals surface area contributed by atoms with Crippen molar-refractivity contribution in [3.8, 4) is 0 Å². The molecule has 1 aliphatic carbocycles. The Hall–Kier alpha value is -2.97.